The molecule has 0 unspecified atom stereocenters. The van der Waals surface area contributed by atoms with Gasteiger partial charge in [-0.3, -0.25) is 9.59 Å². The summed E-state index contributed by atoms with van der Waals surface area (Å²) in [4.78, 5) is 27.2. The molecule has 7 heteroatoms. The van der Waals surface area contributed by atoms with E-state index in [-0.39, 0.29) is 18.4 Å². The number of hydrogen-bond donors (Lipinski definition) is 2. The van der Waals surface area contributed by atoms with Gasteiger partial charge in [0.05, 0.1) is 25.0 Å². The molecule has 1 fully saturated rings. The number of fused-ring (bicyclic) bond motifs is 2. The summed E-state index contributed by atoms with van der Waals surface area (Å²) in [6.45, 7) is 12.2. The van der Waals surface area contributed by atoms with Crippen molar-refractivity contribution in [3.05, 3.63) is 50.8 Å². The quantitative estimate of drug-likeness (QED) is 0.460. The molecule has 1 saturated carbocycles. The maximum Gasteiger partial charge on any atom is 0.307 e. The van der Waals surface area contributed by atoms with Crippen LogP contribution in [0.5, 0.6) is 5.75 Å². The number of rotatable bonds is 4. The van der Waals surface area contributed by atoms with E-state index in [4.69, 9.17) is 9.84 Å². The van der Waals surface area contributed by atoms with Crippen LogP contribution in [-0.4, -0.2) is 45.2 Å². The van der Waals surface area contributed by atoms with E-state index in [1.165, 1.54) is 12.5 Å². The third-order valence-electron chi connectivity index (χ3n) is 8.42. The van der Waals surface area contributed by atoms with E-state index in [0.29, 0.717) is 30.9 Å². The van der Waals surface area contributed by atoms with Crippen molar-refractivity contribution in [2.24, 2.45) is 0 Å². The molecule has 6 nitrogen and oxygen atoms in total. The van der Waals surface area contributed by atoms with Crippen LogP contribution in [0.3, 0.4) is 0 Å². The van der Waals surface area contributed by atoms with Crippen LogP contribution in [0.25, 0.3) is 11.1 Å². The van der Waals surface area contributed by atoms with Crippen molar-refractivity contribution < 1.29 is 28.9 Å². The highest BCUT2D eigenvalue weighted by atomic mass is 19.1. The lowest BCUT2D eigenvalue weighted by Crippen LogP contribution is -2.45. The van der Waals surface area contributed by atoms with Crippen molar-refractivity contribution in [3.63, 3.8) is 0 Å². The molecule has 2 heterocycles. The molecule has 0 aromatic heterocycles. The van der Waals surface area contributed by atoms with Crippen LogP contribution in [0, 0.1) is 26.6 Å². The van der Waals surface area contributed by atoms with Crippen molar-refractivity contribution in [2.75, 3.05) is 6.61 Å². The zero-order valence-corrected chi connectivity index (χ0v) is 24.9. The SMILES string of the molecule is CC(C)(C)O.Cc1c(-c2c(C)c3c(c(C)c2CC(=O)O)CC(=O)N(C2CCCCC2)C3)cc(F)c2c1CCCO2. The Hall–Kier alpha value is -2.93. The summed E-state index contributed by atoms with van der Waals surface area (Å²) in [5.74, 6) is -0.859. The van der Waals surface area contributed by atoms with Crippen molar-refractivity contribution >= 4 is 11.9 Å². The lowest BCUT2D eigenvalue weighted by Gasteiger charge is -2.39. The topological polar surface area (TPSA) is 87.1 Å². The van der Waals surface area contributed by atoms with E-state index in [1.807, 2.05) is 25.7 Å². The van der Waals surface area contributed by atoms with Gasteiger partial charge in [0.15, 0.2) is 11.6 Å². The van der Waals surface area contributed by atoms with Gasteiger partial charge in [-0.15, -0.1) is 0 Å². The number of hydrogen-bond acceptors (Lipinski definition) is 4. The second-order valence-electron chi connectivity index (χ2n) is 12.6. The first-order chi connectivity index (χ1) is 18.8. The standard InChI is InChI=1S/C29H34FNO4.C4H10O/c1-16-20-10-7-11-35-29(20)25(30)12-22(16)28-18(3)24-15-31(19-8-5-4-6-9-19)26(32)13-21(24)17(2)23(28)14-27(33)34;1-4(2,3)5/h12,19H,4-11,13-15H2,1-3H3,(H,33,34);5H,1-3H3. The molecule has 5 rings (SSSR count). The fourth-order valence-electron chi connectivity index (χ4n) is 6.54. The minimum Gasteiger partial charge on any atom is -0.490 e. The Morgan fingerprint density at radius 1 is 1.02 bits per heavy atom. The number of halogens is 1. The predicted molar refractivity (Wildman–Crippen MR) is 154 cm³/mol. The number of aliphatic hydroxyl groups is 1. The molecule has 40 heavy (non-hydrogen) atoms. The molecule has 3 aliphatic rings. The van der Waals surface area contributed by atoms with Crippen molar-refractivity contribution in [1.29, 1.82) is 0 Å². The summed E-state index contributed by atoms with van der Waals surface area (Å²) in [5.41, 5.74) is 7.45. The van der Waals surface area contributed by atoms with Gasteiger partial charge in [0.2, 0.25) is 5.91 Å². The summed E-state index contributed by atoms with van der Waals surface area (Å²) in [6.07, 6.45) is 7.32. The lowest BCUT2D eigenvalue weighted by atomic mass is 9.78. The van der Waals surface area contributed by atoms with Crippen LogP contribution in [0.1, 0.15) is 98.2 Å². The fourth-order valence-corrected chi connectivity index (χ4v) is 6.54. The van der Waals surface area contributed by atoms with Gasteiger partial charge in [0, 0.05) is 18.2 Å². The highest BCUT2D eigenvalue weighted by Gasteiger charge is 2.34. The van der Waals surface area contributed by atoms with Crippen molar-refractivity contribution in [2.45, 2.75) is 118 Å². The molecule has 0 atom stereocenters. The van der Waals surface area contributed by atoms with Gasteiger partial charge < -0.3 is 19.8 Å². The maximum atomic E-state index is 15.2. The van der Waals surface area contributed by atoms with Crippen LogP contribution < -0.4 is 4.74 Å². The van der Waals surface area contributed by atoms with Gasteiger partial charge >= 0.3 is 5.97 Å². The number of amides is 1. The summed E-state index contributed by atoms with van der Waals surface area (Å²) in [7, 11) is 0. The van der Waals surface area contributed by atoms with Gasteiger partial charge in [0.25, 0.3) is 0 Å². The van der Waals surface area contributed by atoms with Crippen LogP contribution in [-0.2, 0) is 35.4 Å². The number of carboxylic acid groups (broad SMARTS) is 1. The molecule has 0 radical (unpaired) electrons. The Morgan fingerprint density at radius 2 is 1.68 bits per heavy atom. The Labute approximate surface area is 237 Å². The number of carboxylic acids is 1. The van der Waals surface area contributed by atoms with Crippen molar-refractivity contribution in [1.82, 2.24) is 4.90 Å². The molecule has 2 N–H and O–H groups in total. The van der Waals surface area contributed by atoms with Crippen LogP contribution in [0.4, 0.5) is 4.39 Å². The first-order valence-electron chi connectivity index (χ1n) is 14.6. The zero-order valence-electron chi connectivity index (χ0n) is 24.9. The highest BCUT2D eigenvalue weighted by molar-refractivity contribution is 5.87. The van der Waals surface area contributed by atoms with Crippen LogP contribution in [0.15, 0.2) is 6.07 Å². The summed E-state index contributed by atoms with van der Waals surface area (Å²) >= 11 is 0. The second-order valence-corrected chi connectivity index (χ2v) is 12.6. The van der Waals surface area contributed by atoms with Gasteiger partial charge in [-0.2, -0.15) is 0 Å². The third kappa shape index (κ3) is 6.35. The minimum absolute atomic E-state index is 0.133. The lowest BCUT2D eigenvalue weighted by molar-refractivity contribution is -0.136. The average Bonchev–Trinajstić information content (AvgIpc) is 2.89. The largest absolute Gasteiger partial charge is 0.490 e. The number of nitrogens with zero attached hydrogens (tertiary/aromatic N) is 1. The van der Waals surface area contributed by atoms with E-state index >= 15 is 4.39 Å². The van der Waals surface area contributed by atoms with E-state index in [2.05, 4.69) is 0 Å². The molecular weight excluding hydrogens is 509 g/mol. The first-order valence-corrected chi connectivity index (χ1v) is 14.6. The summed E-state index contributed by atoms with van der Waals surface area (Å²) < 4.78 is 20.9. The average molecular weight is 554 g/mol. The molecule has 0 saturated heterocycles. The number of aliphatic carboxylic acids is 1. The molecule has 1 amide bonds. The molecule has 0 spiro atoms. The van der Waals surface area contributed by atoms with Crippen LogP contribution in [0.2, 0.25) is 0 Å². The third-order valence-corrected chi connectivity index (χ3v) is 8.42. The summed E-state index contributed by atoms with van der Waals surface area (Å²) in [5, 5.41) is 18.3. The predicted octanol–water partition coefficient (Wildman–Crippen LogP) is 6.36. The molecular formula is C33H44FNO5. The Morgan fingerprint density at radius 3 is 2.30 bits per heavy atom. The van der Waals surface area contributed by atoms with Gasteiger partial charge in [-0.1, -0.05) is 19.3 Å². The molecule has 0 bridgehead atoms. The smallest absolute Gasteiger partial charge is 0.307 e. The molecule has 1 aliphatic carbocycles. The molecule has 2 aromatic rings. The van der Waals surface area contributed by atoms with E-state index in [9.17, 15) is 14.7 Å². The van der Waals surface area contributed by atoms with Crippen molar-refractivity contribution in [3.8, 4) is 16.9 Å². The second kappa shape index (κ2) is 11.9. The van der Waals surface area contributed by atoms with E-state index in [1.54, 1.807) is 20.8 Å². The zero-order chi connectivity index (χ0) is 29.4. The first kappa shape index (κ1) is 30.0. The molecule has 2 aliphatic heterocycles. The fraction of sp³-hybridized carbons (Fsp3) is 0.576. The number of benzene rings is 2. The van der Waals surface area contributed by atoms with Crippen LogP contribution >= 0.6 is 0 Å². The number of ether oxygens (including phenoxy) is 1. The Kier molecular flexibility index (Phi) is 8.93. The van der Waals surface area contributed by atoms with Gasteiger partial charge in [0.1, 0.15) is 0 Å². The van der Waals surface area contributed by atoms with Gasteiger partial charge in [-0.25, -0.2) is 4.39 Å². The Bertz CT molecular complexity index is 1300. The highest BCUT2D eigenvalue weighted by Crippen LogP contribution is 2.44. The minimum atomic E-state index is -0.931. The normalized spacial score (nSPS) is 17.4. The maximum absolute atomic E-state index is 15.2. The Balaban J connectivity index is 0.000000681. The molecule has 218 valence electrons. The number of carbonyl (C=O) groups is 2. The molecule has 2 aromatic carbocycles. The monoisotopic (exact) mass is 553 g/mol. The van der Waals surface area contributed by atoms with E-state index in [0.717, 1.165) is 83.0 Å². The summed E-state index contributed by atoms with van der Waals surface area (Å²) in [6, 6.07) is 1.79. The van der Waals surface area contributed by atoms with E-state index < -0.39 is 17.4 Å². The number of carbonyl (C=O) groups excluding carboxylic acids is 1. The van der Waals surface area contributed by atoms with Gasteiger partial charge in [-0.05, 0) is 118 Å².